The van der Waals surface area contributed by atoms with E-state index in [0.717, 1.165) is 0 Å². The van der Waals surface area contributed by atoms with Crippen molar-refractivity contribution in [3.63, 3.8) is 0 Å². The lowest BCUT2D eigenvalue weighted by Crippen LogP contribution is -2.55. The van der Waals surface area contributed by atoms with E-state index in [2.05, 4.69) is 20.9 Å². The van der Waals surface area contributed by atoms with Crippen LogP contribution in [0.2, 0.25) is 0 Å². The molecule has 9 N–H and O–H groups in total. The highest BCUT2D eigenvalue weighted by molar-refractivity contribution is 5.94. The first-order valence-electron chi connectivity index (χ1n) is 10.3. The van der Waals surface area contributed by atoms with Gasteiger partial charge in [0.1, 0.15) is 18.1 Å². The summed E-state index contributed by atoms with van der Waals surface area (Å²) in [5.74, 6) is -2.57. The summed E-state index contributed by atoms with van der Waals surface area (Å²) in [4.78, 5) is 53.2. The fourth-order valence-electron chi connectivity index (χ4n) is 3.00. The van der Waals surface area contributed by atoms with Crippen LogP contribution in [0.4, 0.5) is 0 Å². The molecule has 1 aromatic carbocycles. The van der Waals surface area contributed by atoms with Crippen molar-refractivity contribution in [1.29, 1.82) is 0 Å². The van der Waals surface area contributed by atoms with Crippen molar-refractivity contribution >= 4 is 29.6 Å². The molecule has 0 aliphatic heterocycles. The molecule has 0 bridgehead atoms. The Morgan fingerprint density at radius 3 is 2.06 bits per heavy atom. The summed E-state index contributed by atoms with van der Waals surface area (Å²) in [6.07, 6.45) is 0.578. The molecule has 4 amide bonds. The van der Waals surface area contributed by atoms with Gasteiger partial charge in [-0.25, -0.2) is 0 Å². The molecular weight excluding hydrogens is 414 g/mol. The maximum atomic E-state index is 13.0. The largest absolute Gasteiger partial charge is 0.370 e. The Balaban J connectivity index is 3.06. The fourth-order valence-corrected chi connectivity index (χ4v) is 3.00. The predicted octanol–water partition coefficient (Wildman–Crippen LogP) is -0.972. The molecule has 0 saturated carbocycles. The number of carbonyl (C=O) groups excluding carboxylic acids is 4. The number of carbonyl (C=O) groups is 4. The molecule has 1 aromatic rings. The van der Waals surface area contributed by atoms with E-state index in [4.69, 9.17) is 17.2 Å². The van der Waals surface area contributed by atoms with Crippen LogP contribution in [0.5, 0.6) is 0 Å². The van der Waals surface area contributed by atoms with Crippen LogP contribution in [-0.4, -0.2) is 48.2 Å². The second kappa shape index (κ2) is 12.9. The van der Waals surface area contributed by atoms with E-state index in [1.54, 1.807) is 44.2 Å². The quantitative estimate of drug-likeness (QED) is 0.135. The highest BCUT2D eigenvalue weighted by atomic mass is 16.2. The van der Waals surface area contributed by atoms with Crippen LogP contribution in [0.15, 0.2) is 35.3 Å². The van der Waals surface area contributed by atoms with Gasteiger partial charge in [0.15, 0.2) is 5.96 Å². The van der Waals surface area contributed by atoms with Crippen molar-refractivity contribution in [2.45, 2.75) is 51.7 Å². The van der Waals surface area contributed by atoms with Crippen LogP contribution >= 0.6 is 0 Å². The van der Waals surface area contributed by atoms with Crippen LogP contribution in [0.25, 0.3) is 0 Å². The average molecular weight is 448 g/mol. The molecule has 0 aliphatic rings. The number of rotatable bonds is 12. The van der Waals surface area contributed by atoms with E-state index >= 15 is 0 Å². The van der Waals surface area contributed by atoms with Gasteiger partial charge in [0.25, 0.3) is 0 Å². The number of primary amides is 1. The van der Waals surface area contributed by atoms with Gasteiger partial charge in [0, 0.05) is 13.5 Å². The minimum atomic E-state index is -1.00. The van der Waals surface area contributed by atoms with Crippen molar-refractivity contribution in [3.8, 4) is 0 Å². The van der Waals surface area contributed by atoms with E-state index in [0.29, 0.717) is 12.0 Å². The molecule has 3 atom stereocenters. The summed E-state index contributed by atoms with van der Waals surface area (Å²) in [6, 6.07) is 5.72. The van der Waals surface area contributed by atoms with Crippen LogP contribution < -0.4 is 33.2 Å². The number of nitrogens with two attached hydrogens (primary N) is 3. The van der Waals surface area contributed by atoms with Crippen LogP contribution in [0.3, 0.4) is 0 Å². The van der Waals surface area contributed by atoms with E-state index in [9.17, 15) is 19.2 Å². The lowest BCUT2D eigenvalue weighted by atomic mass is 10.0. The lowest BCUT2D eigenvalue weighted by molar-refractivity contribution is -0.133. The standard InChI is InChI=1S/C21H33N7O4/c1-12(2)16(18(22)30)28-19(31)15(10-7-11-25-21(23)24)27-20(32)17(26-13(3)29)14-8-5-4-6-9-14/h4-6,8-9,12,15-17H,7,10-11H2,1-3H3,(H2,22,30)(H,26,29)(H,27,32)(H,28,31)(H4,23,24,25)/t15-,16-,17+/m0/s1. The van der Waals surface area contributed by atoms with Gasteiger partial charge in [-0.1, -0.05) is 44.2 Å². The minimum Gasteiger partial charge on any atom is -0.370 e. The predicted molar refractivity (Wildman–Crippen MR) is 121 cm³/mol. The van der Waals surface area contributed by atoms with Gasteiger partial charge in [0.05, 0.1) is 0 Å². The zero-order chi connectivity index (χ0) is 24.3. The number of benzene rings is 1. The van der Waals surface area contributed by atoms with Crippen molar-refractivity contribution in [1.82, 2.24) is 16.0 Å². The third-order valence-electron chi connectivity index (χ3n) is 4.59. The Kier molecular flexibility index (Phi) is 10.7. The van der Waals surface area contributed by atoms with Crippen LogP contribution in [-0.2, 0) is 19.2 Å². The van der Waals surface area contributed by atoms with Crippen molar-refractivity contribution < 1.29 is 19.2 Å². The van der Waals surface area contributed by atoms with Crippen LogP contribution in [0.1, 0.15) is 45.2 Å². The smallest absolute Gasteiger partial charge is 0.247 e. The Morgan fingerprint density at radius 1 is 0.938 bits per heavy atom. The molecule has 0 saturated heterocycles. The number of hydrogen-bond acceptors (Lipinski definition) is 5. The Hall–Kier alpha value is -3.63. The number of nitrogens with zero attached hydrogens (tertiary/aromatic N) is 1. The van der Waals surface area contributed by atoms with Crippen molar-refractivity contribution in [2.24, 2.45) is 28.1 Å². The van der Waals surface area contributed by atoms with Gasteiger partial charge in [0.2, 0.25) is 23.6 Å². The fraction of sp³-hybridized carbons (Fsp3) is 0.476. The number of aliphatic imine (C=N–C) groups is 1. The molecule has 176 valence electrons. The lowest BCUT2D eigenvalue weighted by Gasteiger charge is -2.26. The topological polar surface area (TPSA) is 195 Å². The maximum absolute atomic E-state index is 13.0. The summed E-state index contributed by atoms with van der Waals surface area (Å²) in [5.41, 5.74) is 16.6. The molecule has 0 aromatic heterocycles. The number of guanidine groups is 1. The molecule has 0 fully saturated rings. The van der Waals surface area contributed by atoms with E-state index < -0.39 is 41.8 Å². The summed E-state index contributed by atoms with van der Waals surface area (Å²) in [6.45, 7) is 5.02. The van der Waals surface area contributed by atoms with Gasteiger partial charge in [-0.15, -0.1) is 0 Å². The third-order valence-corrected chi connectivity index (χ3v) is 4.59. The highest BCUT2D eigenvalue weighted by Crippen LogP contribution is 2.14. The molecule has 32 heavy (non-hydrogen) atoms. The molecule has 0 unspecified atom stereocenters. The first kappa shape index (κ1) is 26.4. The van der Waals surface area contributed by atoms with Crippen molar-refractivity contribution in [2.75, 3.05) is 6.54 Å². The first-order chi connectivity index (χ1) is 15.0. The molecule has 1 rings (SSSR count). The van der Waals surface area contributed by atoms with Crippen LogP contribution in [0, 0.1) is 5.92 Å². The number of amides is 4. The number of nitrogens with one attached hydrogen (secondary N) is 3. The van der Waals surface area contributed by atoms with Crippen molar-refractivity contribution in [3.05, 3.63) is 35.9 Å². The van der Waals surface area contributed by atoms with Gasteiger partial charge in [-0.05, 0) is 24.3 Å². The molecule has 0 spiro atoms. The zero-order valence-corrected chi connectivity index (χ0v) is 18.6. The third kappa shape index (κ3) is 9.02. The zero-order valence-electron chi connectivity index (χ0n) is 18.6. The highest BCUT2D eigenvalue weighted by Gasteiger charge is 2.30. The molecule has 0 radical (unpaired) electrons. The molecule has 11 nitrogen and oxygen atoms in total. The number of hydrogen-bond donors (Lipinski definition) is 6. The first-order valence-corrected chi connectivity index (χ1v) is 10.3. The molecular formula is C21H33N7O4. The van der Waals surface area contributed by atoms with E-state index in [1.165, 1.54) is 6.92 Å². The molecule has 0 heterocycles. The summed E-state index contributed by atoms with van der Waals surface area (Å²) >= 11 is 0. The summed E-state index contributed by atoms with van der Waals surface area (Å²) in [7, 11) is 0. The van der Waals surface area contributed by atoms with E-state index in [-0.39, 0.29) is 24.8 Å². The van der Waals surface area contributed by atoms with Gasteiger partial charge >= 0.3 is 0 Å². The SMILES string of the molecule is CC(=O)N[C@@H](C(=O)N[C@@H](CCCN=C(N)N)C(=O)N[C@H](C(N)=O)C(C)C)c1ccccc1. The average Bonchev–Trinajstić information content (AvgIpc) is 2.71. The summed E-state index contributed by atoms with van der Waals surface area (Å²) in [5, 5.41) is 7.84. The Morgan fingerprint density at radius 2 is 1.56 bits per heavy atom. The Labute approximate surface area is 187 Å². The van der Waals surface area contributed by atoms with Gasteiger partial charge in [-0.2, -0.15) is 0 Å². The molecule has 11 heteroatoms. The normalized spacial score (nSPS) is 13.4. The molecule has 0 aliphatic carbocycles. The monoisotopic (exact) mass is 447 g/mol. The summed E-state index contributed by atoms with van der Waals surface area (Å²) < 4.78 is 0. The van der Waals surface area contributed by atoms with E-state index in [1.807, 2.05) is 0 Å². The Bertz CT molecular complexity index is 823. The minimum absolute atomic E-state index is 0.0848. The second-order valence-corrected chi connectivity index (χ2v) is 7.69. The van der Waals surface area contributed by atoms with Gasteiger partial charge < -0.3 is 33.2 Å². The second-order valence-electron chi connectivity index (χ2n) is 7.69. The van der Waals surface area contributed by atoms with Gasteiger partial charge in [-0.3, -0.25) is 24.2 Å². The maximum Gasteiger partial charge on any atom is 0.247 e.